The topological polar surface area (TPSA) is 24.6 Å². The molecule has 3 aromatic heterocycles. The van der Waals surface area contributed by atoms with Crippen LogP contribution >= 0.6 is 0 Å². The van der Waals surface area contributed by atoms with Gasteiger partial charge in [0.2, 0.25) is 0 Å². The number of aromatic hydroxyl groups is 1. The molecule has 21 heavy (non-hydrogen) atoms. The fraction of sp³-hybridized carbons (Fsp3) is 0.158. The van der Waals surface area contributed by atoms with E-state index in [0.717, 1.165) is 12.8 Å². The summed E-state index contributed by atoms with van der Waals surface area (Å²) in [5, 5.41) is 9.53. The average molecular weight is 275 g/mol. The fourth-order valence-electron chi connectivity index (χ4n) is 3.33. The Morgan fingerprint density at radius 2 is 1.71 bits per heavy atom. The average Bonchev–Trinajstić information content (AvgIpc) is 3.05. The highest BCUT2D eigenvalue weighted by molar-refractivity contribution is 5.94. The molecule has 2 nitrogen and oxygen atoms in total. The van der Waals surface area contributed by atoms with Gasteiger partial charge in [0.05, 0.1) is 11.0 Å². The number of hydrogen-bond acceptors (Lipinski definition) is 1. The van der Waals surface area contributed by atoms with E-state index in [0.29, 0.717) is 5.75 Å². The van der Waals surface area contributed by atoms with E-state index >= 15 is 0 Å². The second kappa shape index (κ2) is 4.52. The zero-order valence-electron chi connectivity index (χ0n) is 12.0. The Bertz CT molecular complexity index is 902. The van der Waals surface area contributed by atoms with Crippen LogP contribution < -0.4 is 0 Å². The number of phenols is 1. The monoisotopic (exact) mass is 275 g/mol. The normalized spacial score (nSPS) is 11.7. The highest BCUT2D eigenvalue weighted by Crippen LogP contribution is 2.37. The zero-order valence-corrected chi connectivity index (χ0v) is 12.0. The maximum absolute atomic E-state index is 9.53. The summed E-state index contributed by atoms with van der Waals surface area (Å²) in [5.74, 6) is 0.312. The van der Waals surface area contributed by atoms with Crippen molar-refractivity contribution in [1.29, 1.82) is 0 Å². The Morgan fingerprint density at radius 1 is 0.905 bits per heavy atom. The van der Waals surface area contributed by atoms with Crippen molar-refractivity contribution in [2.24, 2.45) is 0 Å². The van der Waals surface area contributed by atoms with E-state index in [-0.39, 0.29) is 0 Å². The lowest BCUT2D eigenvalue weighted by Gasteiger charge is -2.05. The van der Waals surface area contributed by atoms with Gasteiger partial charge in [-0.25, -0.2) is 0 Å². The first-order valence-corrected chi connectivity index (χ1v) is 7.43. The molecule has 0 bridgehead atoms. The molecular formula is C19H17NO. The third kappa shape index (κ3) is 1.72. The molecule has 0 radical (unpaired) electrons. The number of hydrogen-bond donors (Lipinski definition) is 1. The standard InChI is InChI=1S/C19H17NO/c1-2-4-16-17-6-3-5-14-9-12-18(20(14)17)19(16)13-7-10-15(21)11-8-13/h3,5-12,21H,2,4H2,1H3. The van der Waals surface area contributed by atoms with Crippen LogP contribution in [0.15, 0.2) is 54.6 Å². The number of nitrogens with zero attached hydrogens (tertiary/aromatic N) is 1. The van der Waals surface area contributed by atoms with Crippen molar-refractivity contribution in [2.75, 3.05) is 0 Å². The minimum atomic E-state index is 0.312. The second-order valence-corrected chi connectivity index (χ2v) is 5.54. The van der Waals surface area contributed by atoms with E-state index < -0.39 is 0 Å². The van der Waals surface area contributed by atoms with Gasteiger partial charge in [-0.3, -0.25) is 0 Å². The lowest BCUT2D eigenvalue weighted by Crippen LogP contribution is -1.87. The summed E-state index contributed by atoms with van der Waals surface area (Å²) in [6, 6.07) is 18.4. The molecule has 0 aliphatic heterocycles. The van der Waals surface area contributed by atoms with Crippen LogP contribution in [0.5, 0.6) is 5.75 Å². The summed E-state index contributed by atoms with van der Waals surface area (Å²) in [5.41, 5.74) is 7.69. The third-order valence-corrected chi connectivity index (χ3v) is 4.20. The fourth-order valence-corrected chi connectivity index (χ4v) is 3.33. The molecule has 2 heteroatoms. The summed E-state index contributed by atoms with van der Waals surface area (Å²) < 4.78 is 2.34. The van der Waals surface area contributed by atoms with E-state index in [1.165, 1.54) is 33.2 Å². The van der Waals surface area contributed by atoms with Crippen LogP contribution in [0.3, 0.4) is 0 Å². The van der Waals surface area contributed by atoms with Gasteiger partial charge in [-0.1, -0.05) is 31.5 Å². The van der Waals surface area contributed by atoms with Gasteiger partial charge in [0.15, 0.2) is 0 Å². The first-order valence-electron chi connectivity index (χ1n) is 7.43. The summed E-state index contributed by atoms with van der Waals surface area (Å²) in [6.07, 6.45) is 2.19. The molecule has 4 rings (SSSR count). The van der Waals surface area contributed by atoms with Gasteiger partial charge >= 0.3 is 0 Å². The van der Waals surface area contributed by atoms with Crippen LogP contribution in [0.25, 0.3) is 27.7 Å². The Morgan fingerprint density at radius 3 is 2.48 bits per heavy atom. The van der Waals surface area contributed by atoms with Crippen molar-refractivity contribution in [2.45, 2.75) is 19.8 Å². The van der Waals surface area contributed by atoms with E-state index in [2.05, 4.69) is 41.7 Å². The van der Waals surface area contributed by atoms with Gasteiger partial charge in [0, 0.05) is 11.1 Å². The first kappa shape index (κ1) is 12.3. The number of aryl methyl sites for hydroxylation is 1. The molecule has 104 valence electrons. The highest BCUT2D eigenvalue weighted by Gasteiger charge is 2.17. The van der Waals surface area contributed by atoms with Crippen molar-refractivity contribution in [3.63, 3.8) is 0 Å². The molecule has 1 aromatic carbocycles. The summed E-state index contributed by atoms with van der Waals surface area (Å²) in [6.45, 7) is 2.22. The van der Waals surface area contributed by atoms with Gasteiger partial charge in [-0.2, -0.15) is 0 Å². The molecule has 0 atom stereocenters. The Balaban J connectivity index is 2.10. The number of rotatable bonds is 3. The van der Waals surface area contributed by atoms with Gasteiger partial charge in [-0.05, 0) is 53.9 Å². The molecule has 0 fully saturated rings. The van der Waals surface area contributed by atoms with Crippen molar-refractivity contribution in [1.82, 2.24) is 4.40 Å². The van der Waals surface area contributed by atoms with E-state index in [1.54, 1.807) is 12.1 Å². The smallest absolute Gasteiger partial charge is 0.115 e. The molecule has 0 spiro atoms. The molecular weight excluding hydrogens is 258 g/mol. The molecule has 0 saturated heterocycles. The van der Waals surface area contributed by atoms with Gasteiger partial charge in [0.1, 0.15) is 5.75 Å². The Kier molecular flexibility index (Phi) is 2.64. The predicted octanol–water partition coefficient (Wildman–Crippen LogP) is 4.86. The van der Waals surface area contributed by atoms with Crippen molar-refractivity contribution in [3.05, 3.63) is 60.2 Å². The van der Waals surface area contributed by atoms with Crippen molar-refractivity contribution < 1.29 is 5.11 Å². The maximum atomic E-state index is 9.53. The minimum absolute atomic E-state index is 0.312. The van der Waals surface area contributed by atoms with Gasteiger partial charge in [0.25, 0.3) is 0 Å². The molecule has 0 saturated carbocycles. The van der Waals surface area contributed by atoms with Crippen LogP contribution in [-0.2, 0) is 6.42 Å². The molecule has 4 aromatic rings. The van der Waals surface area contributed by atoms with Crippen LogP contribution in [0.2, 0.25) is 0 Å². The first-order chi connectivity index (χ1) is 10.3. The molecule has 1 N–H and O–H groups in total. The number of phenolic OH excluding ortho intramolecular Hbond substituents is 1. The summed E-state index contributed by atoms with van der Waals surface area (Å²) in [7, 11) is 0. The van der Waals surface area contributed by atoms with Gasteiger partial charge in [-0.15, -0.1) is 0 Å². The number of pyridine rings is 1. The minimum Gasteiger partial charge on any atom is -0.508 e. The van der Waals surface area contributed by atoms with E-state index in [4.69, 9.17) is 0 Å². The molecule has 0 aliphatic rings. The summed E-state index contributed by atoms with van der Waals surface area (Å²) in [4.78, 5) is 0. The SMILES string of the molecule is CCCc1c(-c2ccc(O)cc2)c2ccc3cccc1n32. The molecule has 0 aliphatic carbocycles. The zero-order chi connectivity index (χ0) is 14.4. The van der Waals surface area contributed by atoms with Crippen LogP contribution in [0.1, 0.15) is 18.9 Å². The highest BCUT2D eigenvalue weighted by atomic mass is 16.3. The lowest BCUT2D eigenvalue weighted by molar-refractivity contribution is 0.475. The predicted molar refractivity (Wildman–Crippen MR) is 87.2 cm³/mol. The number of benzene rings is 1. The molecule has 0 amide bonds. The Labute approximate surface area is 123 Å². The van der Waals surface area contributed by atoms with Crippen LogP contribution in [0, 0.1) is 0 Å². The van der Waals surface area contributed by atoms with E-state index in [9.17, 15) is 5.11 Å². The Hall–Kier alpha value is -2.48. The van der Waals surface area contributed by atoms with Crippen molar-refractivity contribution >= 4 is 16.6 Å². The lowest BCUT2D eigenvalue weighted by atomic mass is 9.98. The number of aromatic nitrogens is 1. The van der Waals surface area contributed by atoms with Crippen LogP contribution in [-0.4, -0.2) is 9.51 Å². The largest absolute Gasteiger partial charge is 0.508 e. The third-order valence-electron chi connectivity index (χ3n) is 4.20. The molecule has 3 heterocycles. The van der Waals surface area contributed by atoms with Crippen LogP contribution in [0.4, 0.5) is 0 Å². The van der Waals surface area contributed by atoms with Gasteiger partial charge < -0.3 is 9.51 Å². The van der Waals surface area contributed by atoms with Crippen molar-refractivity contribution in [3.8, 4) is 16.9 Å². The molecule has 0 unspecified atom stereocenters. The second-order valence-electron chi connectivity index (χ2n) is 5.54. The van der Waals surface area contributed by atoms with E-state index in [1.807, 2.05) is 12.1 Å². The summed E-state index contributed by atoms with van der Waals surface area (Å²) >= 11 is 0. The quantitative estimate of drug-likeness (QED) is 0.567. The maximum Gasteiger partial charge on any atom is 0.115 e.